The van der Waals surface area contributed by atoms with Gasteiger partial charge < -0.3 is 15.1 Å². The second-order valence-corrected chi connectivity index (χ2v) is 4.48. The lowest BCUT2D eigenvalue weighted by atomic mass is 10.1. The highest BCUT2D eigenvalue weighted by atomic mass is 16.3. The first-order chi connectivity index (χ1) is 7.66. The maximum absolute atomic E-state index is 11.6. The summed E-state index contributed by atoms with van der Waals surface area (Å²) in [5.74, 6) is 1.15. The summed E-state index contributed by atoms with van der Waals surface area (Å²) >= 11 is 0. The summed E-state index contributed by atoms with van der Waals surface area (Å²) in [7, 11) is 0. The summed E-state index contributed by atoms with van der Waals surface area (Å²) in [6.45, 7) is 2.76. The number of hydrogen-bond donors (Lipinski definition) is 1. The Bertz CT molecular complexity index is 348. The van der Waals surface area contributed by atoms with Crippen LogP contribution in [0.15, 0.2) is 22.8 Å². The molecule has 2 unspecified atom stereocenters. The highest BCUT2D eigenvalue weighted by molar-refractivity contribution is 5.79. The molecule has 2 atom stereocenters. The number of nitrogens with zero attached hydrogens (tertiary/aromatic N) is 1. The van der Waals surface area contributed by atoms with Gasteiger partial charge in [0.15, 0.2) is 0 Å². The molecule has 0 radical (unpaired) electrons. The average Bonchev–Trinajstić information content (AvgIpc) is 2.84. The maximum Gasteiger partial charge on any atom is 0.224 e. The minimum atomic E-state index is 0.0126. The molecule has 0 spiro atoms. The van der Waals surface area contributed by atoms with Crippen LogP contribution < -0.4 is 5.73 Å². The minimum Gasteiger partial charge on any atom is -0.469 e. The van der Waals surface area contributed by atoms with E-state index >= 15 is 0 Å². The van der Waals surface area contributed by atoms with Crippen LogP contribution in [-0.2, 0) is 11.2 Å². The first-order valence-electron chi connectivity index (χ1n) is 5.74. The zero-order valence-electron chi connectivity index (χ0n) is 9.56. The lowest BCUT2D eigenvalue weighted by molar-refractivity contribution is -0.129. The van der Waals surface area contributed by atoms with Crippen LogP contribution in [0, 0.1) is 0 Å². The van der Waals surface area contributed by atoms with E-state index in [0.717, 1.165) is 18.6 Å². The van der Waals surface area contributed by atoms with E-state index in [9.17, 15) is 4.79 Å². The third-order valence-corrected chi connectivity index (χ3v) is 3.11. The van der Waals surface area contributed by atoms with Crippen molar-refractivity contribution in [3.8, 4) is 0 Å². The number of carbonyl (C=O) groups excluding carboxylic acids is 1. The van der Waals surface area contributed by atoms with Crippen LogP contribution in [0.2, 0.25) is 0 Å². The molecular weight excluding hydrogens is 204 g/mol. The van der Waals surface area contributed by atoms with E-state index in [4.69, 9.17) is 10.2 Å². The lowest BCUT2D eigenvalue weighted by Gasteiger charge is -2.24. The molecule has 2 heterocycles. The van der Waals surface area contributed by atoms with Crippen LogP contribution in [0.4, 0.5) is 0 Å². The van der Waals surface area contributed by atoms with Crippen molar-refractivity contribution >= 4 is 5.91 Å². The van der Waals surface area contributed by atoms with Crippen molar-refractivity contribution in [3.63, 3.8) is 0 Å². The molecule has 0 saturated carbocycles. The van der Waals surface area contributed by atoms with Crippen molar-refractivity contribution in [3.05, 3.63) is 24.2 Å². The fraction of sp³-hybridized carbons (Fsp3) is 0.583. The summed E-state index contributed by atoms with van der Waals surface area (Å²) in [4.78, 5) is 13.5. The number of carbonyl (C=O) groups is 1. The molecule has 4 nitrogen and oxygen atoms in total. The molecular formula is C12H18N2O2. The second kappa shape index (κ2) is 4.70. The predicted octanol–water partition coefficient (Wildman–Crippen LogP) is 1.16. The van der Waals surface area contributed by atoms with Crippen LogP contribution in [0.5, 0.6) is 0 Å². The molecule has 1 amide bonds. The summed E-state index contributed by atoms with van der Waals surface area (Å²) < 4.78 is 5.27. The molecule has 4 heteroatoms. The van der Waals surface area contributed by atoms with Crippen molar-refractivity contribution in [1.82, 2.24) is 4.90 Å². The summed E-state index contributed by atoms with van der Waals surface area (Å²) in [6, 6.07) is 4.10. The van der Waals surface area contributed by atoms with Crippen molar-refractivity contribution in [2.45, 2.75) is 38.3 Å². The molecule has 1 aliphatic rings. The van der Waals surface area contributed by atoms with Crippen molar-refractivity contribution in [1.29, 1.82) is 0 Å². The fourth-order valence-corrected chi connectivity index (χ4v) is 2.15. The smallest absolute Gasteiger partial charge is 0.224 e. The molecule has 0 bridgehead atoms. The Hall–Kier alpha value is -1.29. The van der Waals surface area contributed by atoms with Gasteiger partial charge in [0.1, 0.15) is 5.76 Å². The second-order valence-electron chi connectivity index (χ2n) is 4.48. The Morgan fingerprint density at radius 1 is 1.69 bits per heavy atom. The van der Waals surface area contributed by atoms with E-state index < -0.39 is 0 Å². The highest BCUT2D eigenvalue weighted by Gasteiger charge is 2.30. The average molecular weight is 222 g/mol. The molecule has 1 aromatic heterocycles. The minimum absolute atomic E-state index is 0.0126. The number of furan rings is 1. The third-order valence-electron chi connectivity index (χ3n) is 3.11. The van der Waals surface area contributed by atoms with E-state index in [2.05, 4.69) is 6.92 Å². The monoisotopic (exact) mass is 222 g/mol. The predicted molar refractivity (Wildman–Crippen MR) is 60.8 cm³/mol. The number of hydrogen-bond acceptors (Lipinski definition) is 3. The van der Waals surface area contributed by atoms with E-state index in [-0.39, 0.29) is 18.0 Å². The topological polar surface area (TPSA) is 59.5 Å². The fourth-order valence-electron chi connectivity index (χ4n) is 2.15. The van der Waals surface area contributed by atoms with Crippen molar-refractivity contribution in [2.75, 3.05) is 6.54 Å². The molecule has 1 fully saturated rings. The number of amides is 1. The number of aryl methyl sites for hydroxylation is 1. The van der Waals surface area contributed by atoms with Gasteiger partial charge >= 0.3 is 0 Å². The number of likely N-dealkylation sites (tertiary alicyclic amines) is 1. The zero-order chi connectivity index (χ0) is 11.5. The van der Waals surface area contributed by atoms with Gasteiger partial charge in [-0.05, 0) is 25.5 Å². The lowest BCUT2D eigenvalue weighted by Crippen LogP contribution is -2.36. The van der Waals surface area contributed by atoms with Gasteiger partial charge in [-0.25, -0.2) is 0 Å². The molecule has 2 rings (SSSR count). The first kappa shape index (κ1) is 11.2. The van der Waals surface area contributed by atoms with Gasteiger partial charge in [-0.1, -0.05) is 0 Å². The molecule has 1 saturated heterocycles. The molecule has 88 valence electrons. The number of nitrogens with two attached hydrogens (primary N) is 1. The molecule has 1 aliphatic heterocycles. The Labute approximate surface area is 95.4 Å². The quantitative estimate of drug-likeness (QED) is 0.831. The Balaban J connectivity index is 1.84. The molecule has 0 aromatic carbocycles. The molecule has 2 N–H and O–H groups in total. The van der Waals surface area contributed by atoms with Gasteiger partial charge in [-0.15, -0.1) is 0 Å². The van der Waals surface area contributed by atoms with Crippen molar-refractivity contribution < 1.29 is 9.21 Å². The van der Waals surface area contributed by atoms with Gasteiger partial charge in [0.2, 0.25) is 5.91 Å². The van der Waals surface area contributed by atoms with Crippen LogP contribution >= 0.6 is 0 Å². The van der Waals surface area contributed by atoms with Gasteiger partial charge in [-0.3, -0.25) is 4.79 Å². The van der Waals surface area contributed by atoms with Crippen molar-refractivity contribution in [2.24, 2.45) is 5.73 Å². The first-order valence-corrected chi connectivity index (χ1v) is 5.74. The summed E-state index contributed by atoms with van der Waals surface area (Å²) in [5, 5.41) is 0. The van der Waals surface area contributed by atoms with E-state index in [1.807, 2.05) is 17.0 Å². The standard InChI is InChI=1S/C12H18N2O2/c1-9(4-5-11-3-2-6-16-11)14-8-10(13)7-12(14)15/h2-3,6,9-10H,4-5,7-8,13H2,1H3. The molecule has 1 aromatic rings. The van der Waals surface area contributed by atoms with Gasteiger partial charge in [0.25, 0.3) is 0 Å². The van der Waals surface area contributed by atoms with Crippen LogP contribution in [-0.4, -0.2) is 29.4 Å². The molecule has 16 heavy (non-hydrogen) atoms. The van der Waals surface area contributed by atoms with Gasteiger partial charge in [0.05, 0.1) is 6.26 Å². The van der Waals surface area contributed by atoms with E-state index in [1.54, 1.807) is 6.26 Å². The van der Waals surface area contributed by atoms with Gasteiger partial charge in [0, 0.05) is 31.5 Å². The summed E-state index contributed by atoms with van der Waals surface area (Å²) in [5.41, 5.74) is 5.76. The number of rotatable bonds is 4. The Morgan fingerprint density at radius 2 is 2.50 bits per heavy atom. The van der Waals surface area contributed by atoms with Crippen LogP contribution in [0.1, 0.15) is 25.5 Å². The van der Waals surface area contributed by atoms with Gasteiger partial charge in [-0.2, -0.15) is 0 Å². The Morgan fingerprint density at radius 3 is 3.06 bits per heavy atom. The highest BCUT2D eigenvalue weighted by Crippen LogP contribution is 2.16. The van der Waals surface area contributed by atoms with Crippen LogP contribution in [0.3, 0.4) is 0 Å². The van der Waals surface area contributed by atoms with Crippen LogP contribution in [0.25, 0.3) is 0 Å². The SMILES string of the molecule is CC(CCc1ccco1)N1CC(N)CC1=O. The maximum atomic E-state index is 11.6. The van der Waals surface area contributed by atoms with E-state index in [1.165, 1.54) is 0 Å². The third kappa shape index (κ3) is 2.44. The molecule has 0 aliphatic carbocycles. The van der Waals surface area contributed by atoms with E-state index in [0.29, 0.717) is 13.0 Å². The normalized spacial score (nSPS) is 22.8. The Kier molecular flexibility index (Phi) is 3.29. The zero-order valence-corrected chi connectivity index (χ0v) is 9.56. The summed E-state index contributed by atoms with van der Waals surface area (Å²) in [6.07, 6.45) is 3.96. The largest absolute Gasteiger partial charge is 0.469 e.